The minimum absolute atomic E-state index is 0.308. The Morgan fingerprint density at radius 1 is 1.14 bits per heavy atom. The number of hydrogen-bond acceptors (Lipinski definition) is 4. The molecule has 2 N–H and O–H groups in total. The maximum Gasteiger partial charge on any atom is 0.119 e. The van der Waals surface area contributed by atoms with Crippen molar-refractivity contribution < 1.29 is 14.6 Å². The first-order valence-corrected chi connectivity index (χ1v) is 7.79. The summed E-state index contributed by atoms with van der Waals surface area (Å²) in [5.74, 6) is 0.819. The van der Waals surface area contributed by atoms with Crippen LogP contribution in [0.4, 0.5) is 0 Å². The van der Waals surface area contributed by atoms with Crippen LogP contribution in [-0.2, 0) is 4.74 Å². The molecule has 0 amide bonds. The molecular weight excluding hydrogens is 266 g/mol. The van der Waals surface area contributed by atoms with Crippen LogP contribution in [0, 0.1) is 13.8 Å². The van der Waals surface area contributed by atoms with Gasteiger partial charge in [-0.1, -0.05) is 13.0 Å². The van der Waals surface area contributed by atoms with E-state index in [0.29, 0.717) is 13.2 Å². The zero-order valence-corrected chi connectivity index (χ0v) is 13.5. The van der Waals surface area contributed by atoms with E-state index in [1.165, 1.54) is 11.1 Å². The van der Waals surface area contributed by atoms with Gasteiger partial charge in [-0.3, -0.25) is 0 Å². The molecule has 0 heterocycles. The number of ether oxygens (including phenoxy) is 2. The highest BCUT2D eigenvalue weighted by Crippen LogP contribution is 2.16. The van der Waals surface area contributed by atoms with Crippen LogP contribution in [0.15, 0.2) is 18.2 Å². The molecule has 4 heteroatoms. The van der Waals surface area contributed by atoms with E-state index >= 15 is 0 Å². The number of hydrogen-bond donors (Lipinski definition) is 2. The van der Waals surface area contributed by atoms with Crippen molar-refractivity contribution in [2.45, 2.75) is 39.7 Å². The molecule has 0 aliphatic heterocycles. The predicted octanol–water partition coefficient (Wildman–Crippen LogP) is 2.45. The fourth-order valence-corrected chi connectivity index (χ4v) is 2.08. The monoisotopic (exact) mass is 295 g/mol. The molecule has 1 aromatic rings. The molecule has 21 heavy (non-hydrogen) atoms. The Labute approximate surface area is 128 Å². The number of aryl methyl sites for hydroxylation is 2. The third-order valence-electron chi connectivity index (χ3n) is 3.01. The Balaban J connectivity index is 2.09. The number of aliphatic hydroxyl groups is 1. The summed E-state index contributed by atoms with van der Waals surface area (Å²) in [7, 11) is 0. The summed E-state index contributed by atoms with van der Waals surface area (Å²) in [6.07, 6.45) is 1.52. The lowest BCUT2D eigenvalue weighted by molar-refractivity contribution is 0.103. The van der Waals surface area contributed by atoms with Gasteiger partial charge in [0.05, 0.1) is 0 Å². The Morgan fingerprint density at radius 2 is 1.86 bits per heavy atom. The number of aliphatic hydroxyl groups excluding tert-OH is 1. The molecule has 1 rings (SSSR count). The molecule has 0 radical (unpaired) electrons. The van der Waals surface area contributed by atoms with E-state index in [4.69, 9.17) is 9.47 Å². The highest BCUT2D eigenvalue weighted by molar-refractivity contribution is 5.32. The van der Waals surface area contributed by atoms with E-state index in [9.17, 15) is 5.11 Å². The summed E-state index contributed by atoms with van der Waals surface area (Å²) in [5, 5.41) is 13.1. The second-order valence-electron chi connectivity index (χ2n) is 5.46. The molecule has 0 aliphatic rings. The van der Waals surface area contributed by atoms with Gasteiger partial charge in [-0.05, 0) is 56.5 Å². The van der Waals surface area contributed by atoms with Crippen molar-refractivity contribution in [3.63, 3.8) is 0 Å². The van der Waals surface area contributed by atoms with Crippen molar-refractivity contribution in [1.29, 1.82) is 0 Å². The molecule has 1 unspecified atom stereocenters. The minimum atomic E-state index is -0.498. The second-order valence-corrected chi connectivity index (χ2v) is 5.46. The number of nitrogens with one attached hydrogen (secondary N) is 1. The SMILES string of the molecule is CCCOCCCNCC(O)COc1cc(C)cc(C)c1. The third-order valence-corrected chi connectivity index (χ3v) is 3.01. The maximum atomic E-state index is 9.87. The first-order valence-electron chi connectivity index (χ1n) is 7.79. The summed E-state index contributed by atoms with van der Waals surface area (Å²) in [6, 6.07) is 6.07. The Morgan fingerprint density at radius 3 is 2.52 bits per heavy atom. The zero-order valence-electron chi connectivity index (χ0n) is 13.5. The van der Waals surface area contributed by atoms with Crippen LogP contribution in [0.1, 0.15) is 30.9 Å². The van der Waals surface area contributed by atoms with Gasteiger partial charge in [-0.25, -0.2) is 0 Å². The fraction of sp³-hybridized carbons (Fsp3) is 0.647. The van der Waals surface area contributed by atoms with Crippen LogP contribution < -0.4 is 10.1 Å². The van der Waals surface area contributed by atoms with Crippen molar-refractivity contribution in [3.05, 3.63) is 29.3 Å². The molecule has 0 aliphatic carbocycles. The van der Waals surface area contributed by atoms with E-state index in [1.807, 2.05) is 26.0 Å². The van der Waals surface area contributed by atoms with Gasteiger partial charge in [0.25, 0.3) is 0 Å². The maximum absolute atomic E-state index is 9.87. The van der Waals surface area contributed by atoms with E-state index in [-0.39, 0.29) is 0 Å². The molecule has 0 fully saturated rings. The molecule has 120 valence electrons. The van der Waals surface area contributed by atoms with Gasteiger partial charge in [0.2, 0.25) is 0 Å². The summed E-state index contributed by atoms with van der Waals surface area (Å²) in [6.45, 7) is 9.48. The predicted molar refractivity (Wildman–Crippen MR) is 86.0 cm³/mol. The summed E-state index contributed by atoms with van der Waals surface area (Å²) < 4.78 is 11.0. The van der Waals surface area contributed by atoms with E-state index in [0.717, 1.165) is 38.3 Å². The lowest BCUT2D eigenvalue weighted by Crippen LogP contribution is -2.32. The molecule has 1 atom stereocenters. The van der Waals surface area contributed by atoms with Gasteiger partial charge in [0.15, 0.2) is 0 Å². The van der Waals surface area contributed by atoms with Crippen molar-refractivity contribution in [2.75, 3.05) is 32.9 Å². The molecule has 0 spiro atoms. The molecule has 0 bridgehead atoms. The largest absolute Gasteiger partial charge is 0.491 e. The van der Waals surface area contributed by atoms with Gasteiger partial charge in [-0.2, -0.15) is 0 Å². The zero-order chi connectivity index (χ0) is 15.5. The van der Waals surface area contributed by atoms with E-state index in [1.54, 1.807) is 0 Å². The van der Waals surface area contributed by atoms with Crippen molar-refractivity contribution in [3.8, 4) is 5.75 Å². The Kier molecular flexibility index (Phi) is 9.06. The van der Waals surface area contributed by atoms with Gasteiger partial charge in [-0.15, -0.1) is 0 Å². The van der Waals surface area contributed by atoms with Crippen LogP contribution in [0.5, 0.6) is 5.75 Å². The number of benzene rings is 1. The molecule has 0 saturated heterocycles. The molecule has 0 aromatic heterocycles. The van der Waals surface area contributed by atoms with Crippen LogP contribution in [-0.4, -0.2) is 44.1 Å². The first kappa shape index (κ1) is 18.0. The highest BCUT2D eigenvalue weighted by Gasteiger charge is 2.05. The fourth-order valence-electron chi connectivity index (χ4n) is 2.08. The lowest BCUT2D eigenvalue weighted by Gasteiger charge is -2.14. The van der Waals surface area contributed by atoms with Crippen LogP contribution in [0.2, 0.25) is 0 Å². The Bertz CT molecular complexity index is 375. The number of rotatable bonds is 11. The first-order chi connectivity index (χ1) is 10.1. The Hall–Kier alpha value is -1.10. The smallest absolute Gasteiger partial charge is 0.119 e. The van der Waals surface area contributed by atoms with E-state index < -0.39 is 6.10 Å². The normalized spacial score (nSPS) is 12.4. The lowest BCUT2D eigenvalue weighted by atomic mass is 10.1. The van der Waals surface area contributed by atoms with Crippen LogP contribution in [0.3, 0.4) is 0 Å². The van der Waals surface area contributed by atoms with Crippen molar-refractivity contribution in [1.82, 2.24) is 5.32 Å². The average Bonchev–Trinajstić information content (AvgIpc) is 2.43. The van der Waals surface area contributed by atoms with Gasteiger partial charge in [0.1, 0.15) is 18.5 Å². The quantitative estimate of drug-likeness (QED) is 0.616. The van der Waals surface area contributed by atoms with Crippen molar-refractivity contribution in [2.24, 2.45) is 0 Å². The van der Waals surface area contributed by atoms with Crippen LogP contribution in [0.25, 0.3) is 0 Å². The standard InChI is InChI=1S/C17H29NO3/c1-4-7-20-8-5-6-18-12-16(19)13-21-17-10-14(2)9-15(3)11-17/h9-11,16,18-19H,4-8,12-13H2,1-3H3. The van der Waals surface area contributed by atoms with Gasteiger partial charge >= 0.3 is 0 Å². The molecule has 4 nitrogen and oxygen atoms in total. The topological polar surface area (TPSA) is 50.7 Å². The minimum Gasteiger partial charge on any atom is -0.491 e. The third kappa shape index (κ3) is 8.71. The van der Waals surface area contributed by atoms with Gasteiger partial charge < -0.3 is 19.9 Å². The second kappa shape index (κ2) is 10.6. The molecule has 1 aromatic carbocycles. The van der Waals surface area contributed by atoms with Gasteiger partial charge in [0, 0.05) is 19.8 Å². The average molecular weight is 295 g/mol. The highest BCUT2D eigenvalue weighted by atomic mass is 16.5. The van der Waals surface area contributed by atoms with Crippen LogP contribution >= 0.6 is 0 Å². The summed E-state index contributed by atoms with van der Waals surface area (Å²) in [5.41, 5.74) is 2.34. The van der Waals surface area contributed by atoms with E-state index in [2.05, 4.69) is 18.3 Å². The summed E-state index contributed by atoms with van der Waals surface area (Å²) >= 11 is 0. The molecule has 0 saturated carbocycles. The summed E-state index contributed by atoms with van der Waals surface area (Å²) in [4.78, 5) is 0. The molecular formula is C17H29NO3. The van der Waals surface area contributed by atoms with Crippen molar-refractivity contribution >= 4 is 0 Å².